The molecule has 1 rings (SSSR count). The summed E-state index contributed by atoms with van der Waals surface area (Å²) in [5.74, 6) is 1.08. The molecule has 0 aliphatic rings. The molecule has 1 aromatic rings. The van der Waals surface area contributed by atoms with Crippen molar-refractivity contribution in [3.05, 3.63) is 34.9 Å². The third-order valence-electron chi connectivity index (χ3n) is 3.41. The standard InChI is InChI=1S/C16H25OSi/c1-6-8-15(17-18)14-10-7-9-13(11(2)3)16(14)12(4)5/h7,9-12,15H,6,8H2,1-5H3. The molecule has 0 spiro atoms. The minimum atomic E-state index is 0.155. The Kier molecular flexibility index (Phi) is 6.10. The van der Waals surface area contributed by atoms with Crippen LogP contribution in [0.5, 0.6) is 0 Å². The molecule has 0 fully saturated rings. The first-order valence-corrected chi connectivity index (χ1v) is 7.38. The first-order chi connectivity index (χ1) is 8.52. The molecule has 0 saturated carbocycles. The van der Waals surface area contributed by atoms with E-state index in [1.807, 2.05) is 0 Å². The summed E-state index contributed by atoms with van der Waals surface area (Å²) >= 11 is 0. The topological polar surface area (TPSA) is 9.23 Å². The molecule has 0 saturated heterocycles. The average molecular weight is 261 g/mol. The first-order valence-electron chi connectivity index (χ1n) is 6.97. The van der Waals surface area contributed by atoms with Crippen LogP contribution in [0.15, 0.2) is 18.2 Å². The van der Waals surface area contributed by atoms with E-state index >= 15 is 0 Å². The van der Waals surface area contributed by atoms with Crippen molar-refractivity contribution in [2.45, 2.75) is 65.4 Å². The molecule has 1 unspecified atom stereocenters. The lowest BCUT2D eigenvalue weighted by molar-refractivity contribution is 0.212. The predicted octanol–water partition coefficient (Wildman–Crippen LogP) is 4.87. The molecule has 0 aliphatic heterocycles. The molecule has 2 heteroatoms. The SMILES string of the molecule is CCCC(O[Si])c1cccc(C(C)C)c1C(C)C. The van der Waals surface area contributed by atoms with Crippen LogP contribution in [0, 0.1) is 0 Å². The van der Waals surface area contributed by atoms with Crippen LogP contribution in [0.3, 0.4) is 0 Å². The molecule has 0 aliphatic carbocycles. The molecule has 0 heterocycles. The van der Waals surface area contributed by atoms with Crippen molar-refractivity contribution in [3.8, 4) is 0 Å². The van der Waals surface area contributed by atoms with Gasteiger partial charge in [0, 0.05) is 0 Å². The van der Waals surface area contributed by atoms with Crippen LogP contribution in [0.1, 0.15) is 82.1 Å². The highest BCUT2D eigenvalue weighted by Crippen LogP contribution is 2.35. The fraction of sp³-hybridized carbons (Fsp3) is 0.625. The van der Waals surface area contributed by atoms with Crippen molar-refractivity contribution < 1.29 is 4.43 Å². The Morgan fingerprint density at radius 3 is 2.11 bits per heavy atom. The van der Waals surface area contributed by atoms with Crippen molar-refractivity contribution in [2.24, 2.45) is 0 Å². The van der Waals surface area contributed by atoms with Crippen molar-refractivity contribution in [2.75, 3.05) is 0 Å². The fourth-order valence-corrected chi connectivity index (χ4v) is 2.84. The first kappa shape index (κ1) is 15.5. The molecule has 1 aromatic carbocycles. The van der Waals surface area contributed by atoms with Crippen LogP contribution < -0.4 is 0 Å². The summed E-state index contributed by atoms with van der Waals surface area (Å²) in [5.41, 5.74) is 4.25. The lowest BCUT2D eigenvalue weighted by atomic mass is 9.84. The summed E-state index contributed by atoms with van der Waals surface area (Å²) in [7, 11) is 3.25. The third-order valence-corrected chi connectivity index (χ3v) is 3.70. The summed E-state index contributed by atoms with van der Waals surface area (Å²) in [6.45, 7) is 11.2. The van der Waals surface area contributed by atoms with Crippen molar-refractivity contribution in [3.63, 3.8) is 0 Å². The Morgan fingerprint density at radius 2 is 1.67 bits per heavy atom. The zero-order valence-electron chi connectivity index (χ0n) is 12.3. The Labute approximate surface area is 115 Å². The van der Waals surface area contributed by atoms with Gasteiger partial charge in [0.25, 0.3) is 0 Å². The van der Waals surface area contributed by atoms with Gasteiger partial charge in [-0.3, -0.25) is 0 Å². The lowest BCUT2D eigenvalue weighted by Crippen LogP contribution is -2.10. The van der Waals surface area contributed by atoms with E-state index in [1.54, 1.807) is 0 Å². The van der Waals surface area contributed by atoms with Gasteiger partial charge in [-0.05, 0) is 34.9 Å². The van der Waals surface area contributed by atoms with Gasteiger partial charge in [0.2, 0.25) is 10.5 Å². The zero-order valence-corrected chi connectivity index (χ0v) is 13.3. The maximum atomic E-state index is 5.51. The second-order valence-corrected chi connectivity index (χ2v) is 5.79. The lowest BCUT2D eigenvalue weighted by Gasteiger charge is -2.25. The fourth-order valence-electron chi connectivity index (χ4n) is 2.59. The monoisotopic (exact) mass is 261 g/mol. The number of hydrogen-bond acceptors (Lipinski definition) is 1. The molecular formula is C16H25OSi. The quantitative estimate of drug-likeness (QED) is 0.663. The van der Waals surface area contributed by atoms with E-state index in [0.29, 0.717) is 11.8 Å². The van der Waals surface area contributed by atoms with E-state index < -0.39 is 0 Å². The summed E-state index contributed by atoms with van der Waals surface area (Å²) in [4.78, 5) is 0. The third kappa shape index (κ3) is 3.45. The second-order valence-electron chi connectivity index (χ2n) is 5.55. The van der Waals surface area contributed by atoms with Crippen LogP contribution in [-0.4, -0.2) is 10.5 Å². The summed E-state index contributed by atoms with van der Waals surface area (Å²) in [6, 6.07) is 6.62. The summed E-state index contributed by atoms with van der Waals surface area (Å²) in [5, 5.41) is 0. The van der Waals surface area contributed by atoms with Crippen molar-refractivity contribution >= 4 is 10.5 Å². The highest BCUT2D eigenvalue weighted by atomic mass is 28.2. The molecular weight excluding hydrogens is 236 g/mol. The number of rotatable bonds is 6. The second kappa shape index (κ2) is 7.10. The smallest absolute Gasteiger partial charge is 0.247 e. The molecule has 0 aromatic heterocycles. The van der Waals surface area contributed by atoms with Crippen LogP contribution in [-0.2, 0) is 4.43 Å². The minimum absolute atomic E-state index is 0.155. The van der Waals surface area contributed by atoms with E-state index in [4.69, 9.17) is 4.43 Å². The highest BCUT2D eigenvalue weighted by molar-refractivity contribution is 5.98. The van der Waals surface area contributed by atoms with Crippen LogP contribution >= 0.6 is 0 Å². The van der Waals surface area contributed by atoms with Gasteiger partial charge in [-0.1, -0.05) is 59.2 Å². The van der Waals surface area contributed by atoms with Gasteiger partial charge in [0.05, 0.1) is 6.10 Å². The maximum Gasteiger partial charge on any atom is 0.247 e. The van der Waals surface area contributed by atoms with Gasteiger partial charge < -0.3 is 4.43 Å². The molecule has 1 atom stereocenters. The van der Waals surface area contributed by atoms with E-state index in [9.17, 15) is 0 Å². The molecule has 3 radical (unpaired) electrons. The Balaban J connectivity index is 3.29. The van der Waals surface area contributed by atoms with Gasteiger partial charge >= 0.3 is 0 Å². The van der Waals surface area contributed by atoms with E-state index in [-0.39, 0.29) is 6.10 Å². The zero-order chi connectivity index (χ0) is 13.7. The Bertz CT molecular complexity index is 371. The van der Waals surface area contributed by atoms with Gasteiger partial charge in [0.15, 0.2) is 0 Å². The highest BCUT2D eigenvalue weighted by Gasteiger charge is 2.19. The van der Waals surface area contributed by atoms with Crippen LogP contribution in [0.2, 0.25) is 0 Å². The maximum absolute atomic E-state index is 5.51. The van der Waals surface area contributed by atoms with Gasteiger partial charge in [-0.2, -0.15) is 0 Å². The molecule has 1 nitrogen and oxygen atoms in total. The van der Waals surface area contributed by atoms with E-state index in [0.717, 1.165) is 12.8 Å². The minimum Gasteiger partial charge on any atom is -0.412 e. The van der Waals surface area contributed by atoms with Gasteiger partial charge in [0.1, 0.15) is 0 Å². The average Bonchev–Trinajstić information content (AvgIpc) is 2.34. The molecule has 0 N–H and O–H groups in total. The van der Waals surface area contributed by atoms with Crippen molar-refractivity contribution in [1.82, 2.24) is 0 Å². The largest absolute Gasteiger partial charge is 0.412 e. The van der Waals surface area contributed by atoms with Gasteiger partial charge in [-0.25, -0.2) is 0 Å². The molecule has 0 bridgehead atoms. The normalized spacial score (nSPS) is 13.3. The van der Waals surface area contributed by atoms with Crippen LogP contribution in [0.25, 0.3) is 0 Å². The van der Waals surface area contributed by atoms with Gasteiger partial charge in [-0.15, -0.1) is 0 Å². The van der Waals surface area contributed by atoms with E-state index in [2.05, 4.69) is 63.3 Å². The summed E-state index contributed by atoms with van der Waals surface area (Å²) < 4.78 is 5.51. The molecule has 0 amide bonds. The molecule has 99 valence electrons. The number of benzene rings is 1. The van der Waals surface area contributed by atoms with Crippen LogP contribution in [0.4, 0.5) is 0 Å². The Hall–Kier alpha value is -0.603. The predicted molar refractivity (Wildman–Crippen MR) is 79.1 cm³/mol. The Morgan fingerprint density at radius 1 is 1.06 bits per heavy atom. The van der Waals surface area contributed by atoms with E-state index in [1.165, 1.54) is 16.7 Å². The van der Waals surface area contributed by atoms with Crippen molar-refractivity contribution in [1.29, 1.82) is 0 Å². The molecule has 18 heavy (non-hydrogen) atoms. The number of hydrogen-bond donors (Lipinski definition) is 0. The summed E-state index contributed by atoms with van der Waals surface area (Å²) in [6.07, 6.45) is 2.33.